The van der Waals surface area contributed by atoms with Gasteiger partial charge in [-0.3, -0.25) is 4.79 Å². The van der Waals surface area contributed by atoms with Gasteiger partial charge in [-0.1, -0.05) is 11.6 Å². The predicted molar refractivity (Wildman–Crippen MR) is 65.0 cm³/mol. The molecule has 1 amide bonds. The van der Waals surface area contributed by atoms with E-state index < -0.39 is 17.9 Å². The van der Waals surface area contributed by atoms with Crippen LogP contribution in [0.25, 0.3) is 0 Å². The molecule has 0 saturated carbocycles. The summed E-state index contributed by atoms with van der Waals surface area (Å²) in [5, 5.41) is 11.5. The molecule has 0 fully saturated rings. The number of nitrogens with one attached hydrogen (secondary N) is 1. The Labute approximate surface area is 109 Å². The van der Waals surface area contributed by atoms with Crippen LogP contribution in [0, 0.1) is 11.3 Å². The summed E-state index contributed by atoms with van der Waals surface area (Å²) in [6.45, 7) is 1.77. The van der Waals surface area contributed by atoms with Crippen molar-refractivity contribution in [3.63, 3.8) is 0 Å². The lowest BCUT2D eigenvalue weighted by Crippen LogP contribution is -2.40. The fourth-order valence-corrected chi connectivity index (χ4v) is 1.31. The van der Waals surface area contributed by atoms with E-state index in [4.69, 9.17) is 16.9 Å². The Hall–Kier alpha value is -2.06. The average molecular weight is 267 g/mol. The summed E-state index contributed by atoms with van der Waals surface area (Å²) in [4.78, 5) is 23.0. The van der Waals surface area contributed by atoms with Gasteiger partial charge in [0.25, 0.3) is 5.91 Å². The minimum Gasteiger partial charge on any atom is -0.464 e. The third kappa shape index (κ3) is 3.75. The van der Waals surface area contributed by atoms with Crippen molar-refractivity contribution in [2.75, 3.05) is 6.61 Å². The molecule has 0 bridgehead atoms. The molecule has 0 aliphatic carbocycles. The normalized spacial score (nSPS) is 11.2. The molecule has 5 nitrogen and oxygen atoms in total. The molecule has 1 unspecified atom stereocenters. The first-order valence-corrected chi connectivity index (χ1v) is 5.59. The highest BCUT2D eigenvalue weighted by molar-refractivity contribution is 6.30. The smallest absolute Gasteiger partial charge is 0.343 e. The second-order valence-corrected chi connectivity index (χ2v) is 3.73. The summed E-state index contributed by atoms with van der Waals surface area (Å²) in [7, 11) is 0. The van der Waals surface area contributed by atoms with Gasteiger partial charge in [-0.2, -0.15) is 5.26 Å². The molecule has 1 aromatic rings. The third-order valence-corrected chi connectivity index (χ3v) is 2.29. The molecule has 0 heterocycles. The van der Waals surface area contributed by atoms with Crippen molar-refractivity contribution in [2.45, 2.75) is 13.0 Å². The van der Waals surface area contributed by atoms with Gasteiger partial charge in [0.15, 0.2) is 0 Å². The molecule has 0 aliphatic rings. The lowest BCUT2D eigenvalue weighted by atomic mass is 10.2. The number of esters is 1. The van der Waals surface area contributed by atoms with Crippen molar-refractivity contribution in [1.82, 2.24) is 5.32 Å². The number of nitriles is 1. The Balaban J connectivity index is 2.71. The summed E-state index contributed by atoms with van der Waals surface area (Å²) in [5.74, 6) is -1.31. The molecular weight excluding hydrogens is 256 g/mol. The zero-order valence-electron chi connectivity index (χ0n) is 9.64. The summed E-state index contributed by atoms with van der Waals surface area (Å²) in [5.41, 5.74) is 0.309. The third-order valence-electron chi connectivity index (χ3n) is 2.03. The number of hydrogen-bond acceptors (Lipinski definition) is 4. The number of nitrogens with zero attached hydrogens (tertiary/aromatic N) is 1. The molecule has 0 saturated heterocycles. The van der Waals surface area contributed by atoms with E-state index >= 15 is 0 Å². The van der Waals surface area contributed by atoms with Gasteiger partial charge < -0.3 is 10.1 Å². The van der Waals surface area contributed by atoms with Crippen LogP contribution in [-0.2, 0) is 9.53 Å². The monoisotopic (exact) mass is 266 g/mol. The van der Waals surface area contributed by atoms with Crippen LogP contribution in [0.3, 0.4) is 0 Å². The van der Waals surface area contributed by atoms with Gasteiger partial charge in [0, 0.05) is 10.6 Å². The Bertz CT molecular complexity index is 479. The first-order chi connectivity index (χ1) is 8.58. The summed E-state index contributed by atoms with van der Waals surface area (Å²) in [6.07, 6.45) is 0. The Morgan fingerprint density at radius 3 is 2.56 bits per heavy atom. The lowest BCUT2D eigenvalue weighted by Gasteiger charge is -2.10. The summed E-state index contributed by atoms with van der Waals surface area (Å²) >= 11 is 5.68. The molecule has 0 spiro atoms. The van der Waals surface area contributed by atoms with Crippen LogP contribution in [0.2, 0.25) is 5.02 Å². The van der Waals surface area contributed by atoms with Gasteiger partial charge in [0.1, 0.15) is 0 Å². The van der Waals surface area contributed by atoms with Gasteiger partial charge in [-0.15, -0.1) is 0 Å². The summed E-state index contributed by atoms with van der Waals surface area (Å²) in [6, 6.07) is 6.44. The van der Waals surface area contributed by atoms with E-state index in [1.165, 1.54) is 12.1 Å². The van der Waals surface area contributed by atoms with E-state index in [-0.39, 0.29) is 6.61 Å². The maximum Gasteiger partial charge on any atom is 0.343 e. The highest BCUT2D eigenvalue weighted by atomic mass is 35.5. The van der Waals surface area contributed by atoms with E-state index in [1.807, 2.05) is 0 Å². The zero-order chi connectivity index (χ0) is 13.5. The number of carbonyl (C=O) groups excluding carboxylic acids is 2. The Morgan fingerprint density at radius 2 is 2.06 bits per heavy atom. The van der Waals surface area contributed by atoms with Crippen LogP contribution in [0.15, 0.2) is 24.3 Å². The summed E-state index contributed by atoms with van der Waals surface area (Å²) < 4.78 is 4.65. The molecule has 1 rings (SSSR count). The number of halogens is 1. The van der Waals surface area contributed by atoms with Gasteiger partial charge in [0.2, 0.25) is 6.04 Å². The molecule has 1 aromatic carbocycles. The van der Waals surface area contributed by atoms with E-state index in [2.05, 4.69) is 10.1 Å². The molecule has 18 heavy (non-hydrogen) atoms. The topological polar surface area (TPSA) is 79.2 Å². The molecule has 0 aliphatic heterocycles. The van der Waals surface area contributed by atoms with Gasteiger partial charge in [0.05, 0.1) is 12.7 Å². The number of carbonyl (C=O) groups is 2. The average Bonchev–Trinajstić information content (AvgIpc) is 2.36. The number of ether oxygens (including phenoxy) is 1. The molecule has 6 heteroatoms. The number of amides is 1. The quantitative estimate of drug-likeness (QED) is 0.838. The fourth-order valence-electron chi connectivity index (χ4n) is 1.19. The van der Waals surface area contributed by atoms with Crippen molar-refractivity contribution in [2.24, 2.45) is 0 Å². The second kappa shape index (κ2) is 6.62. The highest BCUT2D eigenvalue weighted by Crippen LogP contribution is 2.09. The van der Waals surface area contributed by atoms with Crippen molar-refractivity contribution in [1.29, 1.82) is 5.26 Å². The molecule has 1 N–H and O–H groups in total. The number of benzene rings is 1. The molecule has 0 aromatic heterocycles. The van der Waals surface area contributed by atoms with E-state index in [9.17, 15) is 9.59 Å². The van der Waals surface area contributed by atoms with Crippen LogP contribution in [0.5, 0.6) is 0 Å². The minimum atomic E-state index is -1.31. The van der Waals surface area contributed by atoms with Gasteiger partial charge in [-0.05, 0) is 31.2 Å². The van der Waals surface area contributed by atoms with Crippen molar-refractivity contribution < 1.29 is 14.3 Å². The maximum atomic E-state index is 11.7. The lowest BCUT2D eigenvalue weighted by molar-refractivity contribution is -0.143. The number of rotatable bonds is 4. The van der Waals surface area contributed by atoms with Gasteiger partial charge in [-0.25, -0.2) is 4.79 Å². The van der Waals surface area contributed by atoms with Crippen LogP contribution in [-0.4, -0.2) is 24.5 Å². The van der Waals surface area contributed by atoms with Crippen LogP contribution >= 0.6 is 11.6 Å². The Morgan fingerprint density at radius 1 is 1.44 bits per heavy atom. The largest absolute Gasteiger partial charge is 0.464 e. The van der Waals surface area contributed by atoms with Crippen molar-refractivity contribution >= 4 is 23.5 Å². The van der Waals surface area contributed by atoms with Crippen LogP contribution < -0.4 is 5.32 Å². The first-order valence-electron chi connectivity index (χ1n) is 5.21. The second-order valence-electron chi connectivity index (χ2n) is 3.29. The molecule has 0 radical (unpaired) electrons. The number of hydrogen-bond donors (Lipinski definition) is 1. The fraction of sp³-hybridized carbons (Fsp3) is 0.250. The van der Waals surface area contributed by atoms with Gasteiger partial charge >= 0.3 is 5.97 Å². The van der Waals surface area contributed by atoms with E-state index in [0.717, 1.165) is 0 Å². The van der Waals surface area contributed by atoms with Crippen LogP contribution in [0.4, 0.5) is 0 Å². The first kappa shape index (κ1) is 14.0. The van der Waals surface area contributed by atoms with E-state index in [1.54, 1.807) is 25.1 Å². The predicted octanol–water partition coefficient (Wildman–Crippen LogP) is 1.53. The van der Waals surface area contributed by atoms with Crippen molar-refractivity contribution in [3.05, 3.63) is 34.9 Å². The maximum absolute atomic E-state index is 11.7. The Kier molecular flexibility index (Phi) is 5.15. The molecule has 1 atom stereocenters. The SMILES string of the molecule is CCOC(=O)C(C#N)NC(=O)c1ccc(Cl)cc1. The minimum absolute atomic E-state index is 0.147. The highest BCUT2D eigenvalue weighted by Gasteiger charge is 2.21. The standard InChI is InChI=1S/C12H11ClN2O3/c1-2-18-12(17)10(7-14)15-11(16)8-3-5-9(13)6-4-8/h3-6,10H,2H2,1H3,(H,15,16). The van der Waals surface area contributed by atoms with Crippen LogP contribution in [0.1, 0.15) is 17.3 Å². The molecule has 94 valence electrons. The van der Waals surface area contributed by atoms with Crippen molar-refractivity contribution in [3.8, 4) is 6.07 Å². The molecular formula is C12H11ClN2O3. The zero-order valence-corrected chi connectivity index (χ0v) is 10.4. The van der Waals surface area contributed by atoms with E-state index in [0.29, 0.717) is 10.6 Å².